The van der Waals surface area contributed by atoms with Crippen molar-refractivity contribution >= 4 is 5.91 Å². The monoisotopic (exact) mass is 333 g/mol. The summed E-state index contributed by atoms with van der Waals surface area (Å²) in [6, 6.07) is 12.1. The number of nitrogens with zero attached hydrogens (tertiary/aromatic N) is 5. The Morgan fingerprint density at radius 1 is 1.12 bits per heavy atom. The average molecular weight is 333 g/mol. The molecule has 4 rings (SSSR count). The number of benzene rings is 1. The van der Waals surface area contributed by atoms with Gasteiger partial charge in [0.2, 0.25) is 0 Å². The van der Waals surface area contributed by atoms with Crippen molar-refractivity contribution in [3.8, 4) is 5.82 Å². The standard InChI is InChI=1S/C19H19N5O/c1-14-5-2-3-6-16(14)17-7-4-10-24(17)19(25)15-8-9-18(20-11-15)23-12-21-22-13-23/h2-3,5-6,8-9,11-13,17H,4,7,10H2,1H3/t17-/m1/s1. The quantitative estimate of drug-likeness (QED) is 0.739. The minimum atomic E-state index is 0.0357. The lowest BCUT2D eigenvalue weighted by Gasteiger charge is -2.26. The SMILES string of the molecule is Cc1ccccc1[C@H]1CCCN1C(=O)c1ccc(-n2cnnc2)nc1. The minimum absolute atomic E-state index is 0.0357. The van der Waals surface area contributed by atoms with Gasteiger partial charge in [-0.2, -0.15) is 0 Å². The molecule has 0 N–H and O–H groups in total. The lowest BCUT2D eigenvalue weighted by atomic mass is 9.99. The molecule has 1 aliphatic heterocycles. The van der Waals surface area contributed by atoms with Crippen molar-refractivity contribution in [2.24, 2.45) is 0 Å². The van der Waals surface area contributed by atoms with Crippen LogP contribution in [0.5, 0.6) is 0 Å². The van der Waals surface area contributed by atoms with Crippen molar-refractivity contribution in [2.75, 3.05) is 6.54 Å². The van der Waals surface area contributed by atoms with E-state index in [0.717, 1.165) is 19.4 Å². The summed E-state index contributed by atoms with van der Waals surface area (Å²) < 4.78 is 1.71. The van der Waals surface area contributed by atoms with Crippen LogP contribution in [0.2, 0.25) is 0 Å². The van der Waals surface area contributed by atoms with Crippen LogP contribution in [-0.2, 0) is 0 Å². The van der Waals surface area contributed by atoms with Gasteiger partial charge in [0.1, 0.15) is 18.5 Å². The zero-order chi connectivity index (χ0) is 17.2. The second kappa shape index (κ2) is 6.47. The molecule has 0 saturated carbocycles. The number of aryl methyl sites for hydroxylation is 1. The number of hydrogen-bond acceptors (Lipinski definition) is 4. The number of carbonyl (C=O) groups is 1. The lowest BCUT2D eigenvalue weighted by molar-refractivity contribution is 0.0735. The fourth-order valence-corrected chi connectivity index (χ4v) is 3.44. The zero-order valence-electron chi connectivity index (χ0n) is 14.0. The molecule has 1 aliphatic rings. The molecule has 0 bridgehead atoms. The Hall–Kier alpha value is -3.02. The van der Waals surface area contributed by atoms with Crippen molar-refractivity contribution in [3.05, 3.63) is 71.9 Å². The molecule has 6 heteroatoms. The summed E-state index contributed by atoms with van der Waals surface area (Å²) in [5, 5.41) is 7.54. The largest absolute Gasteiger partial charge is 0.332 e. The molecular weight excluding hydrogens is 314 g/mol. The lowest BCUT2D eigenvalue weighted by Crippen LogP contribution is -2.31. The predicted octanol–water partition coefficient (Wildman–Crippen LogP) is 2.95. The van der Waals surface area contributed by atoms with E-state index in [9.17, 15) is 4.79 Å². The maximum absolute atomic E-state index is 13.0. The van der Waals surface area contributed by atoms with Gasteiger partial charge < -0.3 is 4.90 Å². The molecule has 1 aromatic carbocycles. The first-order valence-electron chi connectivity index (χ1n) is 8.41. The zero-order valence-corrected chi connectivity index (χ0v) is 14.0. The van der Waals surface area contributed by atoms with Crippen LogP contribution in [0, 0.1) is 6.92 Å². The van der Waals surface area contributed by atoms with Gasteiger partial charge in [0.05, 0.1) is 11.6 Å². The molecule has 0 unspecified atom stereocenters. The van der Waals surface area contributed by atoms with Crippen LogP contribution in [0.15, 0.2) is 55.2 Å². The Bertz CT molecular complexity index is 873. The van der Waals surface area contributed by atoms with Crippen molar-refractivity contribution in [1.29, 1.82) is 0 Å². The van der Waals surface area contributed by atoms with Gasteiger partial charge >= 0.3 is 0 Å². The molecule has 3 heterocycles. The summed E-state index contributed by atoms with van der Waals surface area (Å²) in [5.41, 5.74) is 3.08. The molecule has 126 valence electrons. The molecule has 1 saturated heterocycles. The third kappa shape index (κ3) is 2.91. The highest BCUT2D eigenvalue weighted by molar-refractivity contribution is 5.94. The molecule has 25 heavy (non-hydrogen) atoms. The van der Waals surface area contributed by atoms with Crippen LogP contribution in [-0.4, -0.2) is 37.1 Å². The van der Waals surface area contributed by atoms with E-state index in [1.54, 1.807) is 23.4 Å². The summed E-state index contributed by atoms with van der Waals surface area (Å²) in [4.78, 5) is 19.3. The van der Waals surface area contributed by atoms with Gasteiger partial charge in [0.25, 0.3) is 5.91 Å². The number of hydrogen-bond donors (Lipinski definition) is 0. The molecule has 1 atom stereocenters. The Labute approximate surface area is 146 Å². The van der Waals surface area contributed by atoms with E-state index in [1.807, 2.05) is 29.2 Å². The van der Waals surface area contributed by atoms with Crippen LogP contribution < -0.4 is 0 Å². The molecule has 2 aromatic heterocycles. The van der Waals surface area contributed by atoms with Crippen LogP contribution in [0.3, 0.4) is 0 Å². The third-order valence-electron chi connectivity index (χ3n) is 4.74. The number of amides is 1. The van der Waals surface area contributed by atoms with E-state index in [1.165, 1.54) is 11.1 Å². The number of likely N-dealkylation sites (tertiary alicyclic amines) is 1. The van der Waals surface area contributed by atoms with E-state index in [2.05, 4.69) is 34.2 Å². The van der Waals surface area contributed by atoms with Crippen molar-refractivity contribution in [3.63, 3.8) is 0 Å². The Kier molecular flexibility index (Phi) is 4.01. The molecule has 0 spiro atoms. The van der Waals surface area contributed by atoms with Crippen molar-refractivity contribution in [2.45, 2.75) is 25.8 Å². The molecule has 0 aliphatic carbocycles. The molecule has 0 radical (unpaired) electrons. The molecule has 1 fully saturated rings. The predicted molar refractivity (Wildman–Crippen MR) is 93.3 cm³/mol. The third-order valence-corrected chi connectivity index (χ3v) is 4.74. The van der Waals surface area contributed by atoms with Crippen molar-refractivity contribution < 1.29 is 4.79 Å². The van der Waals surface area contributed by atoms with Gasteiger partial charge in [-0.3, -0.25) is 9.36 Å². The second-order valence-corrected chi connectivity index (χ2v) is 6.29. The summed E-state index contributed by atoms with van der Waals surface area (Å²) in [6.45, 7) is 2.89. The Morgan fingerprint density at radius 2 is 1.92 bits per heavy atom. The van der Waals surface area contributed by atoms with E-state index < -0.39 is 0 Å². The molecule has 3 aromatic rings. The highest BCUT2D eigenvalue weighted by Gasteiger charge is 2.31. The molecule has 6 nitrogen and oxygen atoms in total. The van der Waals surface area contributed by atoms with Gasteiger partial charge in [0, 0.05) is 12.7 Å². The Morgan fingerprint density at radius 3 is 2.64 bits per heavy atom. The van der Waals surface area contributed by atoms with Gasteiger partial charge in [0.15, 0.2) is 0 Å². The summed E-state index contributed by atoms with van der Waals surface area (Å²) in [5.74, 6) is 0.729. The summed E-state index contributed by atoms with van der Waals surface area (Å²) in [6.07, 6.45) is 6.82. The fourth-order valence-electron chi connectivity index (χ4n) is 3.44. The maximum Gasteiger partial charge on any atom is 0.255 e. The number of pyridine rings is 1. The minimum Gasteiger partial charge on any atom is -0.332 e. The van der Waals surface area contributed by atoms with Crippen molar-refractivity contribution in [1.82, 2.24) is 24.6 Å². The van der Waals surface area contributed by atoms with Crippen LogP contribution >= 0.6 is 0 Å². The van der Waals surface area contributed by atoms with Gasteiger partial charge in [-0.15, -0.1) is 10.2 Å². The Balaban J connectivity index is 1.58. The highest BCUT2D eigenvalue weighted by Crippen LogP contribution is 2.34. The summed E-state index contributed by atoms with van der Waals surface area (Å²) >= 11 is 0. The van der Waals surface area contributed by atoms with Crippen LogP contribution in [0.1, 0.15) is 40.4 Å². The second-order valence-electron chi connectivity index (χ2n) is 6.29. The molecular formula is C19H19N5O. The number of rotatable bonds is 3. The van der Waals surface area contributed by atoms with Crippen LogP contribution in [0.25, 0.3) is 5.82 Å². The van der Waals surface area contributed by atoms with Gasteiger partial charge in [-0.1, -0.05) is 24.3 Å². The fraction of sp³-hybridized carbons (Fsp3) is 0.263. The first kappa shape index (κ1) is 15.5. The molecule has 1 amide bonds. The van der Waals surface area contributed by atoms with E-state index in [-0.39, 0.29) is 11.9 Å². The van der Waals surface area contributed by atoms with E-state index in [0.29, 0.717) is 11.4 Å². The number of carbonyl (C=O) groups excluding carboxylic acids is 1. The summed E-state index contributed by atoms with van der Waals surface area (Å²) in [7, 11) is 0. The normalized spacial score (nSPS) is 17.0. The van der Waals surface area contributed by atoms with Crippen LogP contribution in [0.4, 0.5) is 0 Å². The maximum atomic E-state index is 13.0. The highest BCUT2D eigenvalue weighted by atomic mass is 16.2. The number of aromatic nitrogens is 4. The van der Waals surface area contributed by atoms with Gasteiger partial charge in [-0.25, -0.2) is 4.98 Å². The van der Waals surface area contributed by atoms with E-state index in [4.69, 9.17) is 0 Å². The average Bonchev–Trinajstić information content (AvgIpc) is 3.34. The van der Waals surface area contributed by atoms with Gasteiger partial charge in [-0.05, 0) is 43.0 Å². The smallest absolute Gasteiger partial charge is 0.255 e. The first-order valence-corrected chi connectivity index (χ1v) is 8.41. The van der Waals surface area contributed by atoms with E-state index >= 15 is 0 Å². The first-order chi connectivity index (χ1) is 12.2. The topological polar surface area (TPSA) is 63.9 Å².